The van der Waals surface area contributed by atoms with E-state index in [0.717, 1.165) is 31.6 Å². The standard InChI is InChI=1S/C25H31F3N4O2/c1-3-12-32-20-16-31(15-6-14-30-13-5-4-7-17(30)2)23(33)21(20)22(29-24(32)34)18-8-10-19(11-9-18)25(26,27)28/h3,8-11,17,22H,1,4-7,12-16H2,2H3,(H,29,34). The summed E-state index contributed by atoms with van der Waals surface area (Å²) in [4.78, 5) is 31.9. The molecule has 1 N–H and O–H groups in total. The van der Waals surface area contributed by atoms with E-state index in [-0.39, 0.29) is 18.5 Å². The van der Waals surface area contributed by atoms with E-state index in [1.54, 1.807) is 11.0 Å². The monoisotopic (exact) mass is 476 g/mol. The van der Waals surface area contributed by atoms with Crippen molar-refractivity contribution in [2.45, 2.75) is 50.9 Å². The molecule has 3 aliphatic heterocycles. The Labute approximate surface area is 198 Å². The van der Waals surface area contributed by atoms with Gasteiger partial charge in [-0.2, -0.15) is 13.2 Å². The van der Waals surface area contributed by atoms with Crippen molar-refractivity contribution >= 4 is 11.9 Å². The zero-order valence-electron chi connectivity index (χ0n) is 19.4. The number of carbonyl (C=O) groups excluding carboxylic acids is 2. The summed E-state index contributed by atoms with van der Waals surface area (Å²) in [6.45, 7) is 9.04. The molecule has 9 heteroatoms. The van der Waals surface area contributed by atoms with E-state index in [4.69, 9.17) is 0 Å². The van der Waals surface area contributed by atoms with Gasteiger partial charge in [-0.3, -0.25) is 9.69 Å². The molecule has 2 atom stereocenters. The Balaban J connectivity index is 1.53. The topological polar surface area (TPSA) is 55.9 Å². The second-order valence-electron chi connectivity index (χ2n) is 9.22. The maximum Gasteiger partial charge on any atom is 0.416 e. The highest BCUT2D eigenvalue weighted by Gasteiger charge is 2.43. The van der Waals surface area contributed by atoms with E-state index in [0.29, 0.717) is 36.0 Å². The molecule has 3 heterocycles. The highest BCUT2D eigenvalue weighted by Crippen LogP contribution is 2.37. The summed E-state index contributed by atoms with van der Waals surface area (Å²) in [5.41, 5.74) is 0.703. The minimum absolute atomic E-state index is 0.180. The molecular weight excluding hydrogens is 445 g/mol. The van der Waals surface area contributed by atoms with Crippen LogP contribution in [-0.4, -0.2) is 65.4 Å². The van der Waals surface area contributed by atoms with Crippen LogP contribution in [0, 0.1) is 0 Å². The Hall–Kier alpha value is -2.81. The van der Waals surface area contributed by atoms with Gasteiger partial charge in [-0.25, -0.2) is 4.79 Å². The summed E-state index contributed by atoms with van der Waals surface area (Å²) in [5.74, 6) is -0.180. The lowest BCUT2D eigenvalue weighted by Gasteiger charge is -2.33. The molecule has 0 bridgehead atoms. The smallest absolute Gasteiger partial charge is 0.333 e. The highest BCUT2D eigenvalue weighted by atomic mass is 19.4. The predicted octanol–water partition coefficient (Wildman–Crippen LogP) is 4.32. The van der Waals surface area contributed by atoms with Crippen LogP contribution in [0.15, 0.2) is 48.2 Å². The van der Waals surface area contributed by atoms with E-state index >= 15 is 0 Å². The highest BCUT2D eigenvalue weighted by molar-refractivity contribution is 6.01. The molecule has 0 aromatic heterocycles. The number of piperidine rings is 1. The second-order valence-corrected chi connectivity index (χ2v) is 9.22. The number of benzene rings is 1. The Morgan fingerprint density at radius 2 is 1.88 bits per heavy atom. The number of nitrogens with one attached hydrogen (secondary N) is 1. The van der Waals surface area contributed by atoms with Crippen molar-refractivity contribution in [1.82, 2.24) is 20.0 Å². The van der Waals surface area contributed by atoms with Crippen LogP contribution in [0.2, 0.25) is 0 Å². The third-order valence-electron chi connectivity index (χ3n) is 6.99. The third-order valence-corrected chi connectivity index (χ3v) is 6.99. The molecule has 3 aliphatic rings. The van der Waals surface area contributed by atoms with E-state index in [1.807, 2.05) is 0 Å². The minimum atomic E-state index is -4.45. The SMILES string of the molecule is C=CCN1C(=O)NC(c2ccc(C(F)(F)F)cc2)C2=C1CN(CCCN1CCCCC1C)C2=O. The molecule has 184 valence electrons. The van der Waals surface area contributed by atoms with Gasteiger partial charge in [0.15, 0.2) is 0 Å². The molecule has 3 amide bonds. The van der Waals surface area contributed by atoms with Crippen molar-refractivity contribution in [3.63, 3.8) is 0 Å². The normalized spacial score (nSPS) is 23.9. The molecule has 1 aromatic rings. The number of urea groups is 1. The molecule has 0 spiro atoms. The molecule has 6 nitrogen and oxygen atoms in total. The van der Waals surface area contributed by atoms with E-state index in [2.05, 4.69) is 23.7 Å². The summed E-state index contributed by atoms with van der Waals surface area (Å²) in [5, 5.41) is 2.81. The molecule has 0 radical (unpaired) electrons. The number of alkyl halides is 3. The molecular formula is C25H31F3N4O2. The van der Waals surface area contributed by atoms with E-state index < -0.39 is 17.8 Å². The van der Waals surface area contributed by atoms with Crippen molar-refractivity contribution in [2.24, 2.45) is 0 Å². The van der Waals surface area contributed by atoms with Gasteiger partial charge in [-0.05, 0) is 50.4 Å². The Morgan fingerprint density at radius 1 is 1.15 bits per heavy atom. The largest absolute Gasteiger partial charge is 0.416 e. The van der Waals surface area contributed by atoms with Crippen molar-refractivity contribution in [3.8, 4) is 0 Å². The van der Waals surface area contributed by atoms with Gasteiger partial charge >= 0.3 is 12.2 Å². The summed E-state index contributed by atoms with van der Waals surface area (Å²) in [7, 11) is 0. The van der Waals surface area contributed by atoms with Gasteiger partial charge in [0.25, 0.3) is 5.91 Å². The number of rotatable bonds is 7. The molecule has 2 unspecified atom stereocenters. The summed E-state index contributed by atoms with van der Waals surface area (Å²) in [6.07, 6.45) is 1.60. The number of amides is 3. The number of hydrogen-bond acceptors (Lipinski definition) is 3. The maximum atomic E-state index is 13.4. The van der Waals surface area contributed by atoms with Crippen LogP contribution in [0.1, 0.15) is 49.8 Å². The first kappa shape index (κ1) is 24.3. The number of hydrogen-bond donors (Lipinski definition) is 1. The summed E-state index contributed by atoms with van der Waals surface area (Å²) < 4.78 is 39.0. The van der Waals surface area contributed by atoms with Gasteiger partial charge in [-0.15, -0.1) is 6.58 Å². The van der Waals surface area contributed by atoms with Gasteiger partial charge in [0, 0.05) is 25.7 Å². The van der Waals surface area contributed by atoms with Crippen LogP contribution in [0.25, 0.3) is 0 Å². The van der Waals surface area contributed by atoms with Crippen molar-refractivity contribution in [3.05, 3.63) is 59.3 Å². The molecule has 0 saturated carbocycles. The average Bonchev–Trinajstić information content (AvgIpc) is 3.12. The minimum Gasteiger partial charge on any atom is -0.333 e. The van der Waals surface area contributed by atoms with Crippen LogP contribution in [0.5, 0.6) is 0 Å². The molecule has 4 rings (SSSR count). The van der Waals surface area contributed by atoms with Crippen LogP contribution in [0.4, 0.5) is 18.0 Å². The average molecular weight is 477 g/mol. The van der Waals surface area contributed by atoms with Gasteiger partial charge in [0.2, 0.25) is 0 Å². The first-order valence-electron chi connectivity index (χ1n) is 11.8. The summed E-state index contributed by atoms with van der Waals surface area (Å²) >= 11 is 0. The van der Waals surface area contributed by atoms with Crippen LogP contribution >= 0.6 is 0 Å². The Bertz CT molecular complexity index is 973. The molecule has 1 fully saturated rings. The van der Waals surface area contributed by atoms with Gasteiger partial charge in [-0.1, -0.05) is 24.6 Å². The van der Waals surface area contributed by atoms with E-state index in [9.17, 15) is 22.8 Å². The lowest BCUT2D eigenvalue weighted by molar-refractivity contribution is -0.137. The fourth-order valence-electron chi connectivity index (χ4n) is 5.12. The Kier molecular flexibility index (Phi) is 7.02. The quantitative estimate of drug-likeness (QED) is 0.597. The number of carbonyl (C=O) groups is 2. The number of nitrogens with zero attached hydrogens (tertiary/aromatic N) is 3. The molecule has 34 heavy (non-hydrogen) atoms. The van der Waals surface area contributed by atoms with Gasteiger partial charge in [0.05, 0.1) is 29.4 Å². The van der Waals surface area contributed by atoms with E-state index in [1.165, 1.54) is 36.3 Å². The van der Waals surface area contributed by atoms with Gasteiger partial charge in [0.1, 0.15) is 0 Å². The number of likely N-dealkylation sites (tertiary alicyclic amines) is 1. The van der Waals surface area contributed by atoms with Gasteiger partial charge < -0.3 is 15.1 Å². The lowest BCUT2D eigenvalue weighted by atomic mass is 9.94. The van der Waals surface area contributed by atoms with Crippen molar-refractivity contribution in [2.75, 3.05) is 32.7 Å². The zero-order valence-corrected chi connectivity index (χ0v) is 19.4. The lowest BCUT2D eigenvalue weighted by Crippen LogP contribution is -2.47. The van der Waals surface area contributed by atoms with Crippen LogP contribution in [-0.2, 0) is 11.0 Å². The van der Waals surface area contributed by atoms with Crippen molar-refractivity contribution in [1.29, 1.82) is 0 Å². The first-order chi connectivity index (χ1) is 16.2. The molecule has 1 aromatic carbocycles. The van der Waals surface area contributed by atoms with Crippen LogP contribution in [0.3, 0.4) is 0 Å². The fraction of sp³-hybridized carbons (Fsp3) is 0.520. The summed E-state index contributed by atoms with van der Waals surface area (Å²) in [6, 6.07) is 3.99. The molecule has 0 aliphatic carbocycles. The predicted molar refractivity (Wildman–Crippen MR) is 123 cm³/mol. The Morgan fingerprint density at radius 3 is 2.53 bits per heavy atom. The third kappa shape index (κ3) is 4.85. The van der Waals surface area contributed by atoms with Crippen LogP contribution < -0.4 is 5.32 Å². The molecule has 1 saturated heterocycles. The number of halogens is 3. The van der Waals surface area contributed by atoms with Crippen molar-refractivity contribution < 1.29 is 22.8 Å². The maximum absolute atomic E-state index is 13.4. The fourth-order valence-corrected chi connectivity index (χ4v) is 5.12. The zero-order chi connectivity index (χ0) is 24.5. The second kappa shape index (κ2) is 9.82. The first-order valence-corrected chi connectivity index (χ1v) is 11.8.